The summed E-state index contributed by atoms with van der Waals surface area (Å²) in [4.78, 5) is 4.55. The van der Waals surface area contributed by atoms with Crippen molar-refractivity contribution in [2.24, 2.45) is 4.99 Å². The third-order valence-electron chi connectivity index (χ3n) is 3.70. The van der Waals surface area contributed by atoms with E-state index in [-0.39, 0.29) is 0 Å². The van der Waals surface area contributed by atoms with Crippen LogP contribution in [0.2, 0.25) is 0 Å². The van der Waals surface area contributed by atoms with Gasteiger partial charge in [-0.3, -0.25) is 0 Å². The van der Waals surface area contributed by atoms with Gasteiger partial charge in [-0.15, -0.1) is 0 Å². The van der Waals surface area contributed by atoms with Gasteiger partial charge in [0.2, 0.25) is 0 Å². The van der Waals surface area contributed by atoms with Crippen molar-refractivity contribution in [2.75, 3.05) is 39.2 Å². The van der Waals surface area contributed by atoms with Crippen LogP contribution in [0.1, 0.15) is 12.5 Å². The molecule has 0 saturated heterocycles. The summed E-state index contributed by atoms with van der Waals surface area (Å²) in [6, 6.07) is 13.6. The molecule has 0 aromatic heterocycles. The Bertz CT molecular complexity index is 732. The van der Waals surface area contributed by atoms with E-state index in [9.17, 15) is 0 Å². The van der Waals surface area contributed by atoms with Gasteiger partial charge in [0.1, 0.15) is 12.4 Å². The zero-order valence-electron chi connectivity index (χ0n) is 15.8. The van der Waals surface area contributed by atoms with Crippen LogP contribution in [-0.2, 0) is 0 Å². The van der Waals surface area contributed by atoms with Crippen LogP contribution in [0.15, 0.2) is 47.5 Å². The smallest absolute Gasteiger partial charge is 0.195 e. The summed E-state index contributed by atoms with van der Waals surface area (Å²) in [7, 11) is 3.23. The lowest BCUT2D eigenvalue weighted by molar-refractivity contribution is 0.326. The van der Waals surface area contributed by atoms with Gasteiger partial charge < -0.3 is 24.8 Å². The van der Waals surface area contributed by atoms with E-state index in [2.05, 4.69) is 15.6 Å². The number of hydrogen-bond acceptors (Lipinski definition) is 4. The molecule has 0 aliphatic heterocycles. The predicted molar refractivity (Wildman–Crippen MR) is 106 cm³/mol. The Morgan fingerprint density at radius 3 is 2.46 bits per heavy atom. The molecule has 0 aliphatic rings. The minimum Gasteiger partial charge on any atom is -0.493 e. The highest BCUT2D eigenvalue weighted by atomic mass is 16.5. The summed E-state index contributed by atoms with van der Waals surface area (Å²) >= 11 is 0. The highest BCUT2D eigenvalue weighted by molar-refractivity contribution is 5.93. The zero-order valence-corrected chi connectivity index (χ0v) is 15.8. The number of para-hydroxylation sites is 1. The van der Waals surface area contributed by atoms with Crippen molar-refractivity contribution in [3.8, 4) is 17.2 Å². The van der Waals surface area contributed by atoms with Crippen LogP contribution < -0.4 is 24.8 Å². The van der Waals surface area contributed by atoms with Crippen LogP contribution in [0.3, 0.4) is 0 Å². The molecular formula is C20H27N3O3. The Labute approximate surface area is 155 Å². The third kappa shape index (κ3) is 5.58. The minimum atomic E-state index is 0.507. The molecule has 26 heavy (non-hydrogen) atoms. The van der Waals surface area contributed by atoms with Crippen LogP contribution in [0.4, 0.5) is 5.69 Å². The van der Waals surface area contributed by atoms with Crippen LogP contribution in [0, 0.1) is 6.92 Å². The predicted octanol–water partition coefficient (Wildman–Crippen LogP) is 3.47. The number of ether oxygens (including phenoxy) is 3. The standard InChI is InChI=1S/C20H27N3O3/c1-5-21-20(22-12-13-26-17-9-7-6-8-15(17)2)23-16-10-11-18(24-3)19(14-16)25-4/h6-11,14H,5,12-13H2,1-4H3,(H2,21,22,23). The van der Waals surface area contributed by atoms with E-state index in [1.54, 1.807) is 14.2 Å². The molecule has 6 nitrogen and oxygen atoms in total. The number of methoxy groups -OCH3 is 2. The molecule has 0 radical (unpaired) electrons. The number of guanidine groups is 1. The van der Waals surface area contributed by atoms with E-state index in [1.165, 1.54) is 0 Å². The van der Waals surface area contributed by atoms with Crippen molar-refractivity contribution in [1.29, 1.82) is 0 Å². The number of aryl methyl sites for hydroxylation is 1. The molecule has 0 atom stereocenters. The first-order valence-electron chi connectivity index (χ1n) is 8.63. The van der Waals surface area contributed by atoms with E-state index in [1.807, 2.05) is 56.3 Å². The van der Waals surface area contributed by atoms with E-state index < -0.39 is 0 Å². The van der Waals surface area contributed by atoms with Gasteiger partial charge in [-0.2, -0.15) is 0 Å². The number of nitrogens with one attached hydrogen (secondary N) is 2. The van der Waals surface area contributed by atoms with Crippen molar-refractivity contribution in [1.82, 2.24) is 5.32 Å². The molecule has 2 rings (SSSR count). The average Bonchev–Trinajstić information content (AvgIpc) is 2.66. The van der Waals surface area contributed by atoms with Crippen LogP contribution in [-0.4, -0.2) is 39.9 Å². The summed E-state index contributed by atoms with van der Waals surface area (Å²) < 4.78 is 16.4. The fraction of sp³-hybridized carbons (Fsp3) is 0.350. The highest BCUT2D eigenvalue weighted by Crippen LogP contribution is 2.29. The largest absolute Gasteiger partial charge is 0.493 e. The summed E-state index contributed by atoms with van der Waals surface area (Å²) in [5, 5.41) is 6.48. The van der Waals surface area contributed by atoms with Gasteiger partial charge in [0.05, 0.1) is 20.8 Å². The number of nitrogens with zero attached hydrogens (tertiary/aromatic N) is 1. The quantitative estimate of drug-likeness (QED) is 0.430. The molecule has 0 aliphatic carbocycles. The van der Waals surface area contributed by atoms with Gasteiger partial charge in [0.25, 0.3) is 0 Å². The highest BCUT2D eigenvalue weighted by Gasteiger charge is 2.06. The Morgan fingerprint density at radius 1 is 1.00 bits per heavy atom. The van der Waals surface area contributed by atoms with Crippen molar-refractivity contribution < 1.29 is 14.2 Å². The van der Waals surface area contributed by atoms with Crippen LogP contribution >= 0.6 is 0 Å². The monoisotopic (exact) mass is 357 g/mol. The van der Waals surface area contributed by atoms with Crippen LogP contribution in [0.5, 0.6) is 17.2 Å². The average molecular weight is 357 g/mol. The SMILES string of the molecule is CCNC(=NCCOc1ccccc1C)Nc1ccc(OC)c(OC)c1. The number of rotatable bonds is 8. The Hall–Kier alpha value is -2.89. The first-order chi connectivity index (χ1) is 12.7. The third-order valence-corrected chi connectivity index (χ3v) is 3.70. The molecule has 0 unspecified atom stereocenters. The first kappa shape index (κ1) is 19.4. The van der Waals surface area contributed by atoms with Crippen LogP contribution in [0.25, 0.3) is 0 Å². The molecule has 0 heterocycles. The van der Waals surface area contributed by atoms with Crippen molar-refractivity contribution in [2.45, 2.75) is 13.8 Å². The Kier molecular flexibility index (Phi) is 7.61. The molecule has 0 bridgehead atoms. The fourth-order valence-electron chi connectivity index (χ4n) is 2.39. The molecule has 0 fully saturated rings. The van der Waals surface area contributed by atoms with Gasteiger partial charge in [0.15, 0.2) is 17.5 Å². The second-order valence-corrected chi connectivity index (χ2v) is 5.57. The topological polar surface area (TPSA) is 64.1 Å². The second-order valence-electron chi connectivity index (χ2n) is 5.57. The molecule has 2 N–H and O–H groups in total. The Balaban J connectivity index is 1.97. The molecule has 140 valence electrons. The van der Waals surface area contributed by atoms with E-state index in [0.29, 0.717) is 30.6 Å². The summed E-state index contributed by atoms with van der Waals surface area (Å²) in [6.45, 7) is 5.86. The second kappa shape index (κ2) is 10.2. The first-order valence-corrected chi connectivity index (χ1v) is 8.63. The number of aliphatic imine (C=N–C) groups is 1. The molecule has 0 saturated carbocycles. The van der Waals surface area contributed by atoms with Gasteiger partial charge in [-0.25, -0.2) is 4.99 Å². The summed E-state index contributed by atoms with van der Waals surface area (Å²) in [6.07, 6.45) is 0. The molecule has 2 aromatic carbocycles. The summed E-state index contributed by atoms with van der Waals surface area (Å²) in [5.74, 6) is 2.93. The maximum atomic E-state index is 5.78. The normalized spacial score (nSPS) is 11.0. The maximum Gasteiger partial charge on any atom is 0.195 e. The van der Waals surface area contributed by atoms with Gasteiger partial charge >= 0.3 is 0 Å². The summed E-state index contributed by atoms with van der Waals surface area (Å²) in [5.41, 5.74) is 1.98. The molecule has 2 aromatic rings. The van der Waals surface area contributed by atoms with Crippen molar-refractivity contribution >= 4 is 11.6 Å². The number of benzene rings is 2. The van der Waals surface area contributed by atoms with Gasteiger partial charge in [-0.1, -0.05) is 18.2 Å². The van der Waals surface area contributed by atoms with Crippen molar-refractivity contribution in [3.05, 3.63) is 48.0 Å². The minimum absolute atomic E-state index is 0.507. The fourth-order valence-corrected chi connectivity index (χ4v) is 2.39. The Morgan fingerprint density at radius 2 is 1.77 bits per heavy atom. The van der Waals surface area contributed by atoms with Gasteiger partial charge in [-0.05, 0) is 37.6 Å². The van der Waals surface area contributed by atoms with E-state index >= 15 is 0 Å². The van der Waals surface area contributed by atoms with E-state index in [0.717, 1.165) is 23.5 Å². The van der Waals surface area contributed by atoms with Crippen molar-refractivity contribution in [3.63, 3.8) is 0 Å². The number of anilines is 1. The lowest BCUT2D eigenvalue weighted by Crippen LogP contribution is -2.31. The molecule has 0 spiro atoms. The van der Waals surface area contributed by atoms with E-state index in [4.69, 9.17) is 14.2 Å². The molecule has 6 heteroatoms. The number of hydrogen-bond donors (Lipinski definition) is 2. The molecule has 0 amide bonds. The molecular weight excluding hydrogens is 330 g/mol. The zero-order chi connectivity index (χ0) is 18.8. The lowest BCUT2D eigenvalue weighted by atomic mass is 10.2. The maximum absolute atomic E-state index is 5.78. The lowest BCUT2D eigenvalue weighted by Gasteiger charge is -2.14. The van der Waals surface area contributed by atoms with Gasteiger partial charge in [0, 0.05) is 18.3 Å².